The fourth-order valence-electron chi connectivity index (χ4n) is 1.79. The highest BCUT2D eigenvalue weighted by molar-refractivity contribution is 7.20. The first kappa shape index (κ1) is 12.7. The average Bonchev–Trinajstić information content (AvgIpc) is 2.86. The number of fused-ring (bicyclic) bond motifs is 1. The fraction of sp³-hybridized carbons (Fsp3) is 0.133. The van der Waals surface area contributed by atoms with Crippen molar-refractivity contribution in [2.75, 3.05) is 18.9 Å². The summed E-state index contributed by atoms with van der Waals surface area (Å²) in [6, 6.07) is 15.3. The number of nitrogens with two attached hydrogens (primary N) is 1. The molecule has 3 rings (SSSR count). The van der Waals surface area contributed by atoms with Crippen LogP contribution in [0.25, 0.3) is 10.2 Å². The van der Waals surface area contributed by atoms with E-state index in [1.165, 1.54) is 11.3 Å². The Morgan fingerprint density at radius 1 is 1.00 bits per heavy atom. The highest BCUT2D eigenvalue weighted by Crippen LogP contribution is 2.29. The van der Waals surface area contributed by atoms with E-state index in [9.17, 15) is 0 Å². The summed E-state index contributed by atoms with van der Waals surface area (Å²) in [7, 11) is 0. The quantitative estimate of drug-likeness (QED) is 0.577. The topological polar surface area (TPSA) is 57.4 Å². The van der Waals surface area contributed by atoms with E-state index in [0.29, 0.717) is 18.4 Å². The van der Waals surface area contributed by atoms with Crippen LogP contribution in [-0.4, -0.2) is 18.2 Å². The van der Waals surface area contributed by atoms with Crippen molar-refractivity contribution in [1.82, 2.24) is 4.98 Å². The van der Waals surface area contributed by atoms with E-state index in [4.69, 9.17) is 15.2 Å². The number of rotatable bonds is 5. The lowest BCUT2D eigenvalue weighted by atomic mass is 10.3. The molecule has 102 valence electrons. The largest absolute Gasteiger partial charge is 0.490 e. The van der Waals surface area contributed by atoms with Gasteiger partial charge in [0.1, 0.15) is 19.0 Å². The molecule has 0 saturated carbocycles. The molecule has 0 aliphatic carbocycles. The average molecular weight is 286 g/mol. The smallest absolute Gasteiger partial charge is 0.274 e. The normalized spacial score (nSPS) is 10.6. The number of thiazole rings is 1. The van der Waals surface area contributed by atoms with Crippen LogP contribution in [0.15, 0.2) is 48.5 Å². The van der Waals surface area contributed by atoms with Crippen LogP contribution in [0.3, 0.4) is 0 Å². The monoisotopic (exact) mass is 286 g/mol. The standard InChI is InChI=1S/C15H14N2O2S/c16-11-6-7-13-14(10-11)20-15(17-13)19-9-8-18-12-4-2-1-3-5-12/h1-7,10H,8-9,16H2. The Morgan fingerprint density at radius 2 is 1.80 bits per heavy atom. The summed E-state index contributed by atoms with van der Waals surface area (Å²) in [4.78, 5) is 4.38. The maximum Gasteiger partial charge on any atom is 0.274 e. The van der Waals surface area contributed by atoms with Crippen LogP contribution in [-0.2, 0) is 0 Å². The second kappa shape index (κ2) is 5.79. The van der Waals surface area contributed by atoms with Crippen LogP contribution in [0.2, 0.25) is 0 Å². The minimum Gasteiger partial charge on any atom is -0.490 e. The molecule has 0 fully saturated rings. The molecule has 3 aromatic rings. The van der Waals surface area contributed by atoms with Crippen molar-refractivity contribution in [3.8, 4) is 10.9 Å². The lowest BCUT2D eigenvalue weighted by Crippen LogP contribution is -2.08. The molecule has 0 amide bonds. The van der Waals surface area contributed by atoms with Crippen molar-refractivity contribution >= 4 is 27.2 Å². The number of ether oxygens (including phenoxy) is 2. The number of nitrogens with zero attached hydrogens (tertiary/aromatic N) is 1. The highest BCUT2D eigenvalue weighted by Gasteiger charge is 2.05. The number of hydrogen-bond acceptors (Lipinski definition) is 5. The molecule has 2 N–H and O–H groups in total. The predicted octanol–water partition coefficient (Wildman–Crippen LogP) is 3.34. The van der Waals surface area contributed by atoms with Gasteiger partial charge in [-0.2, -0.15) is 0 Å². The van der Waals surface area contributed by atoms with Crippen molar-refractivity contribution in [3.05, 3.63) is 48.5 Å². The molecular weight excluding hydrogens is 272 g/mol. The number of para-hydroxylation sites is 1. The number of aromatic nitrogens is 1. The van der Waals surface area contributed by atoms with Gasteiger partial charge in [-0.25, -0.2) is 4.98 Å². The first-order valence-electron chi connectivity index (χ1n) is 6.28. The number of hydrogen-bond donors (Lipinski definition) is 1. The molecule has 0 bridgehead atoms. The second-order valence-corrected chi connectivity index (χ2v) is 5.21. The minimum atomic E-state index is 0.462. The number of nitrogen functional groups attached to an aromatic ring is 1. The van der Waals surface area contributed by atoms with E-state index in [-0.39, 0.29) is 0 Å². The molecule has 2 aromatic carbocycles. The zero-order chi connectivity index (χ0) is 13.8. The molecule has 0 radical (unpaired) electrons. The van der Waals surface area contributed by atoms with Crippen LogP contribution < -0.4 is 15.2 Å². The lowest BCUT2D eigenvalue weighted by molar-refractivity contribution is 0.217. The van der Waals surface area contributed by atoms with E-state index >= 15 is 0 Å². The summed E-state index contributed by atoms with van der Waals surface area (Å²) < 4.78 is 12.2. The Hall–Kier alpha value is -2.27. The van der Waals surface area contributed by atoms with E-state index in [2.05, 4.69) is 4.98 Å². The summed E-state index contributed by atoms with van der Waals surface area (Å²) in [6.45, 7) is 0.951. The van der Waals surface area contributed by atoms with Crippen molar-refractivity contribution in [3.63, 3.8) is 0 Å². The van der Waals surface area contributed by atoms with Crippen LogP contribution in [0.5, 0.6) is 10.9 Å². The third kappa shape index (κ3) is 3.00. The van der Waals surface area contributed by atoms with Gasteiger partial charge in [-0.15, -0.1) is 0 Å². The van der Waals surface area contributed by atoms with E-state index in [1.807, 2.05) is 48.5 Å². The summed E-state index contributed by atoms with van der Waals surface area (Å²) in [5.41, 5.74) is 7.38. The van der Waals surface area contributed by atoms with Gasteiger partial charge >= 0.3 is 0 Å². The van der Waals surface area contributed by atoms with Crippen molar-refractivity contribution in [1.29, 1.82) is 0 Å². The van der Waals surface area contributed by atoms with Crippen LogP contribution in [0.1, 0.15) is 0 Å². The molecule has 0 atom stereocenters. The first-order chi connectivity index (χ1) is 9.81. The molecule has 0 saturated heterocycles. The van der Waals surface area contributed by atoms with Crippen molar-refractivity contribution < 1.29 is 9.47 Å². The van der Waals surface area contributed by atoms with Gasteiger partial charge in [-0.05, 0) is 30.3 Å². The Labute approximate surface area is 120 Å². The summed E-state index contributed by atoms with van der Waals surface area (Å²) >= 11 is 1.49. The van der Waals surface area contributed by atoms with Gasteiger partial charge in [0.2, 0.25) is 0 Å². The Balaban J connectivity index is 1.55. The van der Waals surface area contributed by atoms with Gasteiger partial charge in [-0.3, -0.25) is 0 Å². The van der Waals surface area contributed by atoms with Gasteiger partial charge in [-0.1, -0.05) is 29.5 Å². The second-order valence-electron chi connectivity index (χ2n) is 4.22. The molecule has 0 aliphatic rings. The molecule has 5 heteroatoms. The molecule has 1 heterocycles. The predicted molar refractivity (Wildman–Crippen MR) is 81.5 cm³/mol. The van der Waals surface area contributed by atoms with Gasteiger partial charge < -0.3 is 15.2 Å². The van der Waals surface area contributed by atoms with Gasteiger partial charge in [0.05, 0.1) is 10.2 Å². The maximum absolute atomic E-state index is 5.74. The molecule has 0 spiro atoms. The molecule has 20 heavy (non-hydrogen) atoms. The van der Waals surface area contributed by atoms with E-state index in [0.717, 1.165) is 21.7 Å². The minimum absolute atomic E-state index is 0.462. The highest BCUT2D eigenvalue weighted by atomic mass is 32.1. The molecule has 0 unspecified atom stereocenters. The van der Waals surface area contributed by atoms with Crippen LogP contribution in [0.4, 0.5) is 5.69 Å². The Kier molecular flexibility index (Phi) is 3.69. The maximum atomic E-state index is 5.74. The van der Waals surface area contributed by atoms with Crippen molar-refractivity contribution in [2.24, 2.45) is 0 Å². The Bertz CT molecular complexity index is 697. The third-order valence-electron chi connectivity index (χ3n) is 2.71. The molecule has 0 aliphatic heterocycles. The lowest BCUT2D eigenvalue weighted by Gasteiger charge is -2.05. The number of benzene rings is 2. The summed E-state index contributed by atoms with van der Waals surface area (Å²) in [5.74, 6) is 0.841. The van der Waals surface area contributed by atoms with Crippen molar-refractivity contribution in [2.45, 2.75) is 0 Å². The molecule has 1 aromatic heterocycles. The van der Waals surface area contributed by atoms with Gasteiger partial charge in [0.25, 0.3) is 5.19 Å². The van der Waals surface area contributed by atoms with Crippen LogP contribution >= 0.6 is 11.3 Å². The molecule has 4 nitrogen and oxygen atoms in total. The fourth-order valence-corrected chi connectivity index (χ4v) is 2.67. The first-order valence-corrected chi connectivity index (χ1v) is 7.09. The zero-order valence-corrected chi connectivity index (χ0v) is 11.6. The summed E-state index contributed by atoms with van der Waals surface area (Å²) in [5, 5.41) is 0.641. The number of anilines is 1. The van der Waals surface area contributed by atoms with E-state index < -0.39 is 0 Å². The van der Waals surface area contributed by atoms with E-state index in [1.54, 1.807) is 0 Å². The summed E-state index contributed by atoms with van der Waals surface area (Å²) in [6.07, 6.45) is 0. The SMILES string of the molecule is Nc1ccc2nc(OCCOc3ccccc3)sc2c1. The molecular formula is C15H14N2O2S. The van der Waals surface area contributed by atoms with Crippen LogP contribution in [0, 0.1) is 0 Å². The zero-order valence-electron chi connectivity index (χ0n) is 10.8. The Morgan fingerprint density at radius 3 is 2.65 bits per heavy atom. The third-order valence-corrected chi connectivity index (χ3v) is 3.64. The van der Waals surface area contributed by atoms with Gasteiger partial charge in [0, 0.05) is 5.69 Å². The van der Waals surface area contributed by atoms with Gasteiger partial charge in [0.15, 0.2) is 0 Å².